The Morgan fingerprint density at radius 2 is 1.76 bits per heavy atom. The predicted molar refractivity (Wildman–Crippen MR) is 85.9 cm³/mol. The molecule has 3 rings (SSSR count). The van der Waals surface area contributed by atoms with E-state index in [0.717, 1.165) is 12.0 Å². The average molecular weight is 278 g/mol. The lowest BCUT2D eigenvalue weighted by molar-refractivity contribution is 0.318. The van der Waals surface area contributed by atoms with Gasteiger partial charge in [-0.15, -0.1) is 0 Å². The molecule has 0 saturated carbocycles. The molecular weight excluding hydrogens is 260 g/mol. The third kappa shape index (κ3) is 3.51. The Morgan fingerprint density at radius 3 is 2.48 bits per heavy atom. The number of benzene rings is 2. The number of nitrogens with zero attached hydrogens (tertiary/aromatic N) is 1. The first-order valence-corrected chi connectivity index (χ1v) is 7.08. The Labute approximate surface area is 124 Å². The molecule has 2 N–H and O–H groups in total. The summed E-state index contributed by atoms with van der Waals surface area (Å²) in [5.41, 5.74) is 9.00. The number of hydrogen-bond acceptors (Lipinski definition) is 3. The van der Waals surface area contributed by atoms with Gasteiger partial charge >= 0.3 is 0 Å². The molecule has 2 aromatic carbocycles. The molecular formula is C18H18N2O. The fourth-order valence-electron chi connectivity index (χ4n) is 2.35. The first-order chi connectivity index (χ1) is 10.3. The number of hydrogen-bond donors (Lipinski definition) is 1. The fourth-order valence-corrected chi connectivity index (χ4v) is 2.35. The van der Waals surface area contributed by atoms with Crippen LogP contribution in [0.2, 0.25) is 0 Å². The van der Waals surface area contributed by atoms with Gasteiger partial charge in [-0.05, 0) is 17.5 Å². The number of aliphatic imine (C=N–C) groups is 1. The summed E-state index contributed by atoms with van der Waals surface area (Å²) < 4.78 is 5.62. The molecule has 1 heterocycles. The van der Waals surface area contributed by atoms with Crippen LogP contribution < -0.4 is 5.73 Å². The Kier molecular flexibility index (Phi) is 4.01. The highest BCUT2D eigenvalue weighted by molar-refractivity contribution is 5.95. The molecule has 0 fully saturated rings. The monoisotopic (exact) mass is 278 g/mol. The van der Waals surface area contributed by atoms with Crippen molar-refractivity contribution in [3.05, 3.63) is 77.9 Å². The molecule has 0 spiro atoms. The van der Waals surface area contributed by atoms with E-state index in [1.165, 1.54) is 5.56 Å². The normalized spacial score (nSPS) is 18.2. The third-order valence-electron chi connectivity index (χ3n) is 3.43. The predicted octanol–water partition coefficient (Wildman–Crippen LogP) is 3.03. The molecule has 3 heteroatoms. The number of nitrogens with two attached hydrogens (primary N) is 1. The zero-order chi connectivity index (χ0) is 14.5. The Morgan fingerprint density at radius 1 is 1.10 bits per heavy atom. The molecule has 21 heavy (non-hydrogen) atoms. The molecule has 0 radical (unpaired) electrons. The van der Waals surface area contributed by atoms with Gasteiger partial charge in [0.05, 0.1) is 6.04 Å². The van der Waals surface area contributed by atoms with Gasteiger partial charge < -0.3 is 10.5 Å². The van der Waals surface area contributed by atoms with Gasteiger partial charge in [-0.2, -0.15) is 0 Å². The number of ether oxygens (including phenoxy) is 1. The largest absolute Gasteiger partial charge is 0.476 e. The lowest BCUT2D eigenvalue weighted by Gasteiger charge is -2.03. The van der Waals surface area contributed by atoms with Gasteiger partial charge in [-0.3, -0.25) is 0 Å². The molecule has 1 aliphatic rings. The van der Waals surface area contributed by atoms with Gasteiger partial charge in [0.25, 0.3) is 0 Å². The summed E-state index contributed by atoms with van der Waals surface area (Å²) in [6, 6.07) is 20.4. The van der Waals surface area contributed by atoms with Crippen LogP contribution in [0.5, 0.6) is 0 Å². The minimum absolute atomic E-state index is 0.169. The van der Waals surface area contributed by atoms with E-state index in [2.05, 4.69) is 17.1 Å². The van der Waals surface area contributed by atoms with E-state index in [4.69, 9.17) is 10.5 Å². The van der Waals surface area contributed by atoms with Crippen LogP contribution in [0.25, 0.3) is 5.70 Å². The zero-order valence-corrected chi connectivity index (χ0v) is 11.8. The maximum Gasteiger partial charge on any atom is 0.211 e. The lowest BCUT2D eigenvalue weighted by Crippen LogP contribution is -2.09. The summed E-state index contributed by atoms with van der Waals surface area (Å²) in [5.74, 6) is 0.622. The molecule has 3 nitrogen and oxygen atoms in total. The first-order valence-electron chi connectivity index (χ1n) is 7.08. The summed E-state index contributed by atoms with van der Waals surface area (Å²) in [6.45, 7) is 0.614. The van der Waals surface area contributed by atoms with Crippen LogP contribution in [0, 0.1) is 0 Å². The second-order valence-electron chi connectivity index (χ2n) is 5.09. The van der Waals surface area contributed by atoms with Gasteiger partial charge in [-0.1, -0.05) is 60.7 Å². The summed E-state index contributed by atoms with van der Waals surface area (Å²) >= 11 is 0. The van der Waals surface area contributed by atoms with Crippen molar-refractivity contribution >= 4 is 11.6 Å². The zero-order valence-electron chi connectivity index (χ0n) is 11.8. The highest BCUT2D eigenvalue weighted by atomic mass is 16.5. The van der Waals surface area contributed by atoms with Crippen LogP contribution >= 0.6 is 0 Å². The van der Waals surface area contributed by atoms with Crippen molar-refractivity contribution < 1.29 is 4.74 Å². The topological polar surface area (TPSA) is 47.6 Å². The van der Waals surface area contributed by atoms with Crippen LogP contribution in [-0.2, 0) is 11.2 Å². The highest BCUT2D eigenvalue weighted by Gasteiger charge is 2.18. The van der Waals surface area contributed by atoms with Crippen molar-refractivity contribution in [1.29, 1.82) is 0 Å². The van der Waals surface area contributed by atoms with E-state index in [1.54, 1.807) is 6.08 Å². The van der Waals surface area contributed by atoms with E-state index in [9.17, 15) is 0 Å². The SMILES string of the molecule is NC(=CC1=N[C@H](Cc2ccccc2)CO1)c1ccccc1. The minimum atomic E-state index is 0.169. The molecule has 2 aromatic rings. The molecule has 0 aliphatic carbocycles. The van der Waals surface area contributed by atoms with Crippen LogP contribution in [0.1, 0.15) is 11.1 Å². The van der Waals surface area contributed by atoms with Crippen molar-refractivity contribution in [2.24, 2.45) is 10.7 Å². The summed E-state index contributed by atoms with van der Waals surface area (Å²) in [5, 5.41) is 0. The smallest absolute Gasteiger partial charge is 0.211 e. The molecule has 1 aliphatic heterocycles. The van der Waals surface area contributed by atoms with Crippen molar-refractivity contribution in [2.75, 3.05) is 6.61 Å². The maximum atomic E-state index is 6.07. The van der Waals surface area contributed by atoms with Crippen molar-refractivity contribution in [3.8, 4) is 0 Å². The van der Waals surface area contributed by atoms with Crippen molar-refractivity contribution in [2.45, 2.75) is 12.5 Å². The lowest BCUT2D eigenvalue weighted by atomic mass is 10.1. The van der Waals surface area contributed by atoms with Crippen LogP contribution in [0.4, 0.5) is 0 Å². The fraction of sp³-hybridized carbons (Fsp3) is 0.167. The number of rotatable bonds is 4. The quantitative estimate of drug-likeness (QED) is 0.934. The second kappa shape index (κ2) is 6.27. The molecule has 106 valence electrons. The van der Waals surface area contributed by atoms with Gasteiger partial charge in [-0.25, -0.2) is 4.99 Å². The Hall–Kier alpha value is -2.55. The average Bonchev–Trinajstić information content (AvgIpc) is 2.96. The van der Waals surface area contributed by atoms with Gasteiger partial charge in [0, 0.05) is 11.8 Å². The van der Waals surface area contributed by atoms with Gasteiger partial charge in [0.15, 0.2) is 0 Å². The maximum absolute atomic E-state index is 6.07. The summed E-state index contributed by atoms with van der Waals surface area (Å²) in [4.78, 5) is 4.59. The van der Waals surface area contributed by atoms with E-state index in [-0.39, 0.29) is 6.04 Å². The Bertz CT molecular complexity index is 647. The molecule has 0 unspecified atom stereocenters. The minimum Gasteiger partial charge on any atom is -0.476 e. The standard InChI is InChI=1S/C18H18N2O/c19-17(15-9-5-2-6-10-15)12-18-20-16(13-21-18)11-14-7-3-1-4-8-14/h1-10,12,16H,11,13,19H2/t16-/m1/s1. The van der Waals surface area contributed by atoms with E-state index < -0.39 is 0 Å². The van der Waals surface area contributed by atoms with Gasteiger partial charge in [0.1, 0.15) is 6.61 Å². The Balaban J connectivity index is 1.69. The first kappa shape index (κ1) is 13.4. The second-order valence-corrected chi connectivity index (χ2v) is 5.09. The summed E-state index contributed by atoms with van der Waals surface area (Å²) in [7, 11) is 0. The van der Waals surface area contributed by atoms with Crippen molar-refractivity contribution in [1.82, 2.24) is 0 Å². The molecule has 0 aromatic heterocycles. The summed E-state index contributed by atoms with van der Waals surface area (Å²) in [6.07, 6.45) is 2.70. The van der Waals surface area contributed by atoms with Crippen LogP contribution in [-0.4, -0.2) is 18.5 Å². The highest BCUT2D eigenvalue weighted by Crippen LogP contribution is 2.15. The van der Waals surface area contributed by atoms with Crippen LogP contribution in [0.15, 0.2) is 71.7 Å². The van der Waals surface area contributed by atoms with Gasteiger partial charge in [0.2, 0.25) is 5.90 Å². The third-order valence-corrected chi connectivity index (χ3v) is 3.43. The molecule has 1 atom stereocenters. The molecule has 0 saturated heterocycles. The molecule has 0 bridgehead atoms. The van der Waals surface area contributed by atoms with Crippen LogP contribution in [0.3, 0.4) is 0 Å². The van der Waals surface area contributed by atoms with E-state index in [1.807, 2.05) is 48.5 Å². The van der Waals surface area contributed by atoms with E-state index >= 15 is 0 Å². The molecule has 0 amide bonds. The van der Waals surface area contributed by atoms with Crippen molar-refractivity contribution in [3.63, 3.8) is 0 Å². The van der Waals surface area contributed by atoms with E-state index in [0.29, 0.717) is 18.2 Å².